The van der Waals surface area contributed by atoms with Gasteiger partial charge in [-0.3, -0.25) is 0 Å². The van der Waals surface area contributed by atoms with Crippen LogP contribution in [-0.2, 0) is 0 Å². The fourth-order valence-electron chi connectivity index (χ4n) is 1.79. The van der Waals surface area contributed by atoms with E-state index in [1.54, 1.807) is 0 Å². The molecule has 1 heteroatoms. The maximum Gasteiger partial charge on any atom is -0.00157 e. The maximum atomic E-state index is 3.92. The molecule has 0 atom stereocenters. The molecule has 1 saturated heterocycles. The summed E-state index contributed by atoms with van der Waals surface area (Å²) >= 11 is 0. The minimum Gasteiger partial charge on any atom is -0.303 e. The molecular weight excluding hydrogens is 158 g/mol. The van der Waals surface area contributed by atoms with Crippen LogP contribution in [0.5, 0.6) is 0 Å². The number of piperidine rings is 1. The lowest BCUT2D eigenvalue weighted by Gasteiger charge is -2.26. The quantitative estimate of drug-likeness (QED) is 0.603. The highest BCUT2D eigenvalue weighted by Gasteiger charge is 2.08. The van der Waals surface area contributed by atoms with Crippen LogP contribution in [0.15, 0.2) is 12.2 Å². The Morgan fingerprint density at radius 2 is 1.85 bits per heavy atom. The highest BCUT2D eigenvalue weighted by molar-refractivity contribution is 4.87. The molecule has 0 bridgehead atoms. The lowest BCUT2D eigenvalue weighted by atomic mass is 10.1. The molecule has 0 aromatic rings. The fraction of sp³-hybridized carbons (Fsp3) is 0.833. The smallest absolute Gasteiger partial charge is 0.00157 e. The number of allylic oxidation sites excluding steroid dienone is 1. The van der Waals surface area contributed by atoms with Crippen LogP contribution >= 0.6 is 0 Å². The summed E-state index contributed by atoms with van der Waals surface area (Å²) in [5.74, 6) is 0. The van der Waals surface area contributed by atoms with Gasteiger partial charge in [0.05, 0.1) is 0 Å². The van der Waals surface area contributed by atoms with Crippen molar-refractivity contribution >= 4 is 0 Å². The minimum absolute atomic E-state index is 0. The van der Waals surface area contributed by atoms with Gasteiger partial charge in [-0.2, -0.15) is 0 Å². The van der Waals surface area contributed by atoms with Gasteiger partial charge in [-0.1, -0.05) is 19.4 Å². The second-order valence-corrected chi connectivity index (χ2v) is 3.96. The molecule has 0 radical (unpaired) electrons. The Balaban J connectivity index is 0.00000144. The van der Waals surface area contributed by atoms with E-state index in [4.69, 9.17) is 0 Å². The van der Waals surface area contributed by atoms with Crippen molar-refractivity contribution in [2.24, 2.45) is 0 Å². The summed E-state index contributed by atoms with van der Waals surface area (Å²) in [7, 11) is 0. The lowest BCUT2D eigenvalue weighted by Crippen LogP contribution is -2.30. The molecule has 0 aromatic carbocycles. The zero-order valence-electron chi connectivity index (χ0n) is 8.31. The van der Waals surface area contributed by atoms with Crippen LogP contribution in [-0.4, -0.2) is 24.5 Å². The summed E-state index contributed by atoms with van der Waals surface area (Å²) in [4.78, 5) is 2.59. The number of rotatable bonds is 4. The van der Waals surface area contributed by atoms with Gasteiger partial charge in [0.1, 0.15) is 0 Å². The van der Waals surface area contributed by atoms with Crippen LogP contribution < -0.4 is 0 Å². The zero-order valence-corrected chi connectivity index (χ0v) is 8.31. The number of likely N-dealkylation sites (tertiary alicyclic amines) is 1. The summed E-state index contributed by atoms with van der Waals surface area (Å²) in [6.45, 7) is 9.98. The first kappa shape index (κ1) is 12.7. The molecule has 13 heavy (non-hydrogen) atoms. The van der Waals surface area contributed by atoms with Crippen molar-refractivity contribution < 1.29 is 0 Å². The average molecular weight is 183 g/mol. The molecule has 1 heterocycles. The number of nitrogens with zero attached hydrogens (tertiary/aromatic N) is 1. The summed E-state index contributed by atoms with van der Waals surface area (Å²) in [6, 6.07) is 0. The largest absolute Gasteiger partial charge is 0.303 e. The minimum atomic E-state index is 0. The monoisotopic (exact) mass is 183 g/mol. The highest BCUT2D eigenvalue weighted by atomic mass is 15.1. The predicted molar refractivity (Wildman–Crippen MR) is 61.1 cm³/mol. The Kier molecular flexibility index (Phi) is 6.97. The average Bonchev–Trinajstić information content (AvgIpc) is 2.05. The highest BCUT2D eigenvalue weighted by Crippen LogP contribution is 2.10. The van der Waals surface area contributed by atoms with Crippen molar-refractivity contribution in [3.63, 3.8) is 0 Å². The van der Waals surface area contributed by atoms with Crippen molar-refractivity contribution in [3.8, 4) is 0 Å². The van der Waals surface area contributed by atoms with Gasteiger partial charge >= 0.3 is 0 Å². The van der Waals surface area contributed by atoms with Crippen molar-refractivity contribution in [1.29, 1.82) is 0 Å². The lowest BCUT2D eigenvalue weighted by molar-refractivity contribution is 0.226. The van der Waals surface area contributed by atoms with E-state index < -0.39 is 0 Å². The third-order valence-corrected chi connectivity index (χ3v) is 2.53. The molecule has 0 spiro atoms. The number of hydrogen-bond donors (Lipinski definition) is 0. The standard InChI is InChI=1S/C11H21N.CH4/c1-11(2)7-6-10-12-8-4-3-5-9-12;/h1,3-10H2,2H3;1H4. The SMILES string of the molecule is C.C=C(C)CCCN1CCCCC1. The van der Waals surface area contributed by atoms with Crippen LogP contribution in [0.25, 0.3) is 0 Å². The van der Waals surface area contributed by atoms with E-state index in [9.17, 15) is 0 Å². The molecule has 0 amide bonds. The normalized spacial score (nSPS) is 17.9. The van der Waals surface area contributed by atoms with E-state index in [0.717, 1.165) is 0 Å². The van der Waals surface area contributed by atoms with Crippen LogP contribution in [0.3, 0.4) is 0 Å². The van der Waals surface area contributed by atoms with Crippen molar-refractivity contribution in [1.82, 2.24) is 4.90 Å². The van der Waals surface area contributed by atoms with E-state index in [1.165, 1.54) is 57.3 Å². The van der Waals surface area contributed by atoms with Crippen molar-refractivity contribution in [3.05, 3.63) is 12.2 Å². The molecule has 1 rings (SSSR count). The predicted octanol–water partition coefficient (Wildman–Crippen LogP) is 3.46. The van der Waals surface area contributed by atoms with Crippen LogP contribution in [0.2, 0.25) is 0 Å². The van der Waals surface area contributed by atoms with Gasteiger partial charge in [0.2, 0.25) is 0 Å². The van der Waals surface area contributed by atoms with Crippen LogP contribution in [0, 0.1) is 0 Å². The van der Waals surface area contributed by atoms with Gasteiger partial charge < -0.3 is 4.90 Å². The van der Waals surface area contributed by atoms with E-state index >= 15 is 0 Å². The van der Waals surface area contributed by atoms with Crippen molar-refractivity contribution in [2.75, 3.05) is 19.6 Å². The van der Waals surface area contributed by atoms with E-state index in [2.05, 4.69) is 18.4 Å². The molecule has 1 aliphatic rings. The second kappa shape index (κ2) is 7.14. The van der Waals surface area contributed by atoms with Crippen molar-refractivity contribution in [2.45, 2.75) is 46.5 Å². The second-order valence-electron chi connectivity index (χ2n) is 3.96. The van der Waals surface area contributed by atoms with Crippen LogP contribution in [0.1, 0.15) is 46.5 Å². The molecule has 0 unspecified atom stereocenters. The van der Waals surface area contributed by atoms with E-state index in [1.807, 2.05) is 0 Å². The summed E-state index contributed by atoms with van der Waals surface area (Å²) < 4.78 is 0. The van der Waals surface area contributed by atoms with Gasteiger partial charge in [-0.05, 0) is 52.2 Å². The number of hydrogen-bond acceptors (Lipinski definition) is 1. The Morgan fingerprint density at radius 3 is 2.38 bits per heavy atom. The molecule has 78 valence electrons. The third kappa shape index (κ3) is 5.87. The molecule has 0 aromatic heterocycles. The Labute approximate surface area is 83.8 Å². The third-order valence-electron chi connectivity index (χ3n) is 2.53. The van der Waals surface area contributed by atoms with Gasteiger partial charge in [0.25, 0.3) is 0 Å². The Bertz CT molecular complexity index is 134. The summed E-state index contributed by atoms with van der Waals surface area (Å²) in [6.07, 6.45) is 6.77. The van der Waals surface area contributed by atoms with Gasteiger partial charge in [0.15, 0.2) is 0 Å². The first-order valence-corrected chi connectivity index (χ1v) is 5.16. The van der Waals surface area contributed by atoms with E-state index in [-0.39, 0.29) is 7.43 Å². The van der Waals surface area contributed by atoms with Gasteiger partial charge in [-0.25, -0.2) is 0 Å². The maximum absolute atomic E-state index is 3.92. The van der Waals surface area contributed by atoms with Gasteiger partial charge in [-0.15, -0.1) is 6.58 Å². The Hall–Kier alpha value is -0.300. The molecular formula is C12H25N. The molecule has 0 N–H and O–H groups in total. The first-order chi connectivity index (χ1) is 5.79. The molecule has 1 fully saturated rings. The summed E-state index contributed by atoms with van der Waals surface area (Å²) in [5, 5.41) is 0. The molecule has 1 aliphatic heterocycles. The fourth-order valence-corrected chi connectivity index (χ4v) is 1.79. The Morgan fingerprint density at radius 1 is 1.23 bits per heavy atom. The zero-order chi connectivity index (χ0) is 8.81. The molecule has 0 saturated carbocycles. The molecule has 1 nitrogen and oxygen atoms in total. The summed E-state index contributed by atoms with van der Waals surface area (Å²) in [5.41, 5.74) is 1.33. The van der Waals surface area contributed by atoms with Crippen LogP contribution in [0.4, 0.5) is 0 Å². The van der Waals surface area contributed by atoms with E-state index in [0.29, 0.717) is 0 Å². The topological polar surface area (TPSA) is 3.24 Å². The molecule has 0 aliphatic carbocycles. The van der Waals surface area contributed by atoms with Gasteiger partial charge in [0, 0.05) is 0 Å². The first-order valence-electron chi connectivity index (χ1n) is 5.16.